The van der Waals surface area contributed by atoms with E-state index in [1.807, 2.05) is 44.2 Å². The predicted molar refractivity (Wildman–Crippen MR) is 109 cm³/mol. The van der Waals surface area contributed by atoms with E-state index >= 15 is 0 Å². The molecular formula is C21H28N2O3S. The molecule has 2 N–H and O–H groups in total. The number of carbonyl (C=O) groups is 1. The van der Waals surface area contributed by atoms with Crippen molar-refractivity contribution >= 4 is 15.9 Å². The number of rotatable bonds is 8. The second kappa shape index (κ2) is 9.15. The minimum atomic E-state index is -3.33. The average molecular weight is 389 g/mol. The molecule has 2 rings (SSSR count). The normalized spacial score (nSPS) is 11.6. The fourth-order valence-corrected chi connectivity index (χ4v) is 4.17. The lowest BCUT2D eigenvalue weighted by Crippen LogP contribution is -2.31. The molecule has 0 fully saturated rings. The highest BCUT2D eigenvalue weighted by Gasteiger charge is 2.13. The van der Waals surface area contributed by atoms with Gasteiger partial charge in [-0.1, -0.05) is 42.5 Å². The van der Waals surface area contributed by atoms with Crippen LogP contribution in [0.25, 0.3) is 0 Å². The summed E-state index contributed by atoms with van der Waals surface area (Å²) >= 11 is 0. The monoisotopic (exact) mass is 388 g/mol. The zero-order chi connectivity index (χ0) is 20.0. The quantitative estimate of drug-likeness (QED) is 0.730. The largest absolute Gasteiger partial charge is 0.352 e. The van der Waals surface area contributed by atoms with Crippen molar-refractivity contribution in [2.75, 3.05) is 0 Å². The summed E-state index contributed by atoms with van der Waals surface area (Å²) in [5.41, 5.74) is 5.03. The Morgan fingerprint density at radius 1 is 0.926 bits per heavy atom. The van der Waals surface area contributed by atoms with Gasteiger partial charge in [0.15, 0.2) is 0 Å². The van der Waals surface area contributed by atoms with Crippen LogP contribution in [-0.2, 0) is 33.5 Å². The minimum absolute atomic E-state index is 0.0361. The highest BCUT2D eigenvalue weighted by Crippen LogP contribution is 2.11. The molecule has 0 unspecified atom stereocenters. The molecule has 0 aromatic heterocycles. The van der Waals surface area contributed by atoms with E-state index < -0.39 is 10.0 Å². The molecule has 0 aliphatic carbocycles. The van der Waals surface area contributed by atoms with Crippen LogP contribution >= 0.6 is 0 Å². The minimum Gasteiger partial charge on any atom is -0.352 e. The van der Waals surface area contributed by atoms with Gasteiger partial charge in [-0.2, -0.15) is 0 Å². The Labute approximate surface area is 162 Å². The van der Waals surface area contributed by atoms with E-state index in [9.17, 15) is 13.2 Å². The Balaban J connectivity index is 1.87. The first-order chi connectivity index (χ1) is 12.6. The van der Waals surface area contributed by atoms with Crippen molar-refractivity contribution in [2.24, 2.45) is 0 Å². The van der Waals surface area contributed by atoms with Crippen molar-refractivity contribution in [3.63, 3.8) is 0 Å². The number of sulfonamides is 1. The number of amides is 1. The first-order valence-electron chi connectivity index (χ1n) is 9.05. The molecule has 1 amide bonds. The molecule has 0 radical (unpaired) electrons. The Morgan fingerprint density at radius 3 is 2.11 bits per heavy atom. The van der Waals surface area contributed by atoms with Gasteiger partial charge >= 0.3 is 0 Å². The molecule has 27 heavy (non-hydrogen) atoms. The Kier molecular flexibility index (Phi) is 7.16. The van der Waals surface area contributed by atoms with Gasteiger partial charge < -0.3 is 5.32 Å². The van der Waals surface area contributed by atoms with Gasteiger partial charge in [0.25, 0.3) is 0 Å². The number of nitrogens with one attached hydrogen (secondary N) is 2. The highest BCUT2D eigenvalue weighted by molar-refractivity contribution is 7.88. The van der Waals surface area contributed by atoms with Gasteiger partial charge in [0, 0.05) is 12.6 Å². The second-order valence-electron chi connectivity index (χ2n) is 7.22. The summed E-state index contributed by atoms with van der Waals surface area (Å²) in [6.45, 7) is 8.09. The lowest BCUT2D eigenvalue weighted by Gasteiger charge is -2.10. The fraction of sp³-hybridized carbons (Fsp3) is 0.381. The maximum atomic E-state index is 12.1. The Bertz CT molecular complexity index is 888. The van der Waals surface area contributed by atoms with Gasteiger partial charge in [0.2, 0.25) is 15.9 Å². The fourth-order valence-electron chi connectivity index (χ4n) is 2.74. The molecule has 6 heteroatoms. The highest BCUT2D eigenvalue weighted by atomic mass is 32.2. The van der Waals surface area contributed by atoms with Gasteiger partial charge in [-0.3, -0.25) is 4.79 Å². The van der Waals surface area contributed by atoms with E-state index in [4.69, 9.17) is 0 Å². The summed E-state index contributed by atoms with van der Waals surface area (Å²) in [5.74, 6) is -0.0871. The summed E-state index contributed by atoms with van der Waals surface area (Å²) in [5, 5.41) is 2.91. The molecule has 0 aliphatic heterocycles. The first-order valence-corrected chi connectivity index (χ1v) is 10.7. The van der Waals surface area contributed by atoms with Crippen LogP contribution in [0.5, 0.6) is 0 Å². The van der Waals surface area contributed by atoms with Gasteiger partial charge in [-0.05, 0) is 55.5 Å². The number of benzene rings is 2. The lowest BCUT2D eigenvalue weighted by atomic mass is 10.0. The van der Waals surface area contributed by atoms with Crippen LogP contribution in [0.3, 0.4) is 0 Å². The zero-order valence-corrected chi connectivity index (χ0v) is 17.2. The third-order valence-electron chi connectivity index (χ3n) is 4.22. The number of hydrogen-bond acceptors (Lipinski definition) is 3. The maximum Gasteiger partial charge on any atom is 0.224 e. The van der Waals surface area contributed by atoms with E-state index in [0.717, 1.165) is 11.1 Å². The standard InChI is InChI=1S/C21H28N2O3S/c1-15(2)23-27(25,26)14-19-9-7-18(8-10-19)13-22-21(24)12-20-6-5-16(3)17(4)11-20/h5-11,15,23H,12-14H2,1-4H3,(H,22,24). The summed E-state index contributed by atoms with van der Waals surface area (Å²) in [6.07, 6.45) is 0.346. The molecule has 2 aromatic carbocycles. The molecule has 2 aromatic rings. The van der Waals surface area contributed by atoms with Crippen molar-refractivity contribution in [3.8, 4) is 0 Å². The summed E-state index contributed by atoms with van der Waals surface area (Å²) in [4.78, 5) is 12.1. The molecule has 0 saturated heterocycles. The molecular weight excluding hydrogens is 360 g/mol. The topological polar surface area (TPSA) is 75.3 Å². The molecule has 5 nitrogen and oxygen atoms in total. The van der Waals surface area contributed by atoms with E-state index in [1.165, 1.54) is 11.1 Å². The van der Waals surface area contributed by atoms with Crippen LogP contribution in [-0.4, -0.2) is 20.4 Å². The predicted octanol–water partition coefficient (Wildman–Crippen LogP) is 2.99. The number of carbonyl (C=O) groups excluding carboxylic acids is 1. The smallest absolute Gasteiger partial charge is 0.224 e. The summed E-state index contributed by atoms with van der Waals surface area (Å²) < 4.78 is 26.5. The summed E-state index contributed by atoms with van der Waals surface area (Å²) in [6, 6.07) is 13.2. The molecule has 0 saturated carbocycles. The van der Waals surface area contributed by atoms with E-state index in [-0.39, 0.29) is 17.7 Å². The van der Waals surface area contributed by atoms with Gasteiger partial charge in [-0.25, -0.2) is 13.1 Å². The van der Waals surface area contributed by atoms with Crippen molar-refractivity contribution in [1.82, 2.24) is 10.0 Å². The van der Waals surface area contributed by atoms with Crippen molar-refractivity contribution < 1.29 is 13.2 Å². The molecule has 146 valence electrons. The van der Waals surface area contributed by atoms with Crippen molar-refractivity contribution in [2.45, 2.75) is 52.5 Å². The molecule has 0 spiro atoms. The first kappa shape index (κ1) is 21.1. The van der Waals surface area contributed by atoms with Crippen LogP contribution in [0.4, 0.5) is 0 Å². The molecule has 0 bridgehead atoms. The molecule has 0 heterocycles. The maximum absolute atomic E-state index is 12.1. The Morgan fingerprint density at radius 2 is 1.52 bits per heavy atom. The lowest BCUT2D eigenvalue weighted by molar-refractivity contribution is -0.120. The van der Waals surface area contributed by atoms with Crippen LogP contribution < -0.4 is 10.0 Å². The van der Waals surface area contributed by atoms with Crippen molar-refractivity contribution in [3.05, 3.63) is 70.3 Å². The van der Waals surface area contributed by atoms with E-state index in [0.29, 0.717) is 18.5 Å². The number of hydrogen-bond donors (Lipinski definition) is 2. The third kappa shape index (κ3) is 7.15. The van der Waals surface area contributed by atoms with Crippen LogP contribution in [0.15, 0.2) is 42.5 Å². The average Bonchev–Trinajstić information content (AvgIpc) is 2.56. The number of aryl methyl sites for hydroxylation is 2. The third-order valence-corrected chi connectivity index (χ3v) is 5.76. The Hall–Kier alpha value is -2.18. The van der Waals surface area contributed by atoms with E-state index in [2.05, 4.69) is 10.0 Å². The van der Waals surface area contributed by atoms with Crippen LogP contribution in [0.2, 0.25) is 0 Å². The molecule has 0 atom stereocenters. The van der Waals surface area contributed by atoms with E-state index in [1.54, 1.807) is 26.0 Å². The van der Waals surface area contributed by atoms with Gasteiger partial charge in [-0.15, -0.1) is 0 Å². The van der Waals surface area contributed by atoms with Crippen molar-refractivity contribution in [1.29, 1.82) is 0 Å². The van der Waals surface area contributed by atoms with Gasteiger partial charge in [0.1, 0.15) is 0 Å². The molecule has 0 aliphatic rings. The summed E-state index contributed by atoms with van der Waals surface area (Å²) in [7, 11) is -3.33. The zero-order valence-electron chi connectivity index (χ0n) is 16.4. The SMILES string of the molecule is Cc1ccc(CC(=O)NCc2ccc(CS(=O)(=O)NC(C)C)cc2)cc1C. The van der Waals surface area contributed by atoms with Gasteiger partial charge in [0.05, 0.1) is 12.2 Å². The van der Waals surface area contributed by atoms with Crippen LogP contribution in [0.1, 0.15) is 41.7 Å². The second-order valence-corrected chi connectivity index (χ2v) is 8.97. The van der Waals surface area contributed by atoms with Crippen LogP contribution in [0, 0.1) is 13.8 Å².